The minimum absolute atomic E-state index is 0.0739. The highest BCUT2D eigenvalue weighted by atomic mass is 19.3. The Morgan fingerprint density at radius 2 is 2.11 bits per heavy atom. The van der Waals surface area contributed by atoms with Crippen LogP contribution in [0.15, 0.2) is 24.3 Å². The lowest BCUT2D eigenvalue weighted by atomic mass is 9.76. The lowest BCUT2D eigenvalue weighted by Crippen LogP contribution is -2.56. The normalized spacial score (nSPS) is 17.0. The van der Waals surface area contributed by atoms with E-state index in [1.807, 2.05) is 0 Å². The average Bonchev–Trinajstić information content (AvgIpc) is 2.28. The molecule has 1 fully saturated rings. The van der Waals surface area contributed by atoms with Crippen LogP contribution in [-0.4, -0.2) is 23.2 Å². The van der Waals surface area contributed by atoms with E-state index in [1.165, 1.54) is 6.07 Å². The fourth-order valence-corrected chi connectivity index (χ4v) is 2.12. The molecule has 0 amide bonds. The van der Waals surface area contributed by atoms with Gasteiger partial charge in [-0.3, -0.25) is 10.1 Å². The highest BCUT2D eigenvalue weighted by Crippen LogP contribution is 2.33. The Bertz CT molecular complexity index is 461. The third-order valence-electron chi connectivity index (χ3n) is 3.42. The van der Waals surface area contributed by atoms with Crippen molar-refractivity contribution >= 4 is 5.97 Å². The molecule has 1 aromatic carbocycles. The number of carboxylic acids is 1. The van der Waals surface area contributed by atoms with Crippen molar-refractivity contribution in [1.82, 2.24) is 5.32 Å². The van der Waals surface area contributed by atoms with Crippen LogP contribution >= 0.6 is 0 Å². The first-order chi connectivity index (χ1) is 9.03. The highest BCUT2D eigenvalue weighted by Gasteiger charge is 2.43. The molecule has 0 heterocycles. The van der Waals surface area contributed by atoms with Crippen LogP contribution in [0.5, 0.6) is 5.75 Å². The molecule has 0 aromatic heterocycles. The van der Waals surface area contributed by atoms with Crippen molar-refractivity contribution < 1.29 is 23.4 Å². The number of ether oxygens (including phenoxy) is 1. The molecule has 1 aromatic rings. The Kier molecular flexibility index (Phi) is 3.99. The van der Waals surface area contributed by atoms with E-state index in [-0.39, 0.29) is 12.3 Å². The van der Waals surface area contributed by atoms with Gasteiger partial charge in [0, 0.05) is 12.1 Å². The molecule has 104 valence electrons. The van der Waals surface area contributed by atoms with Crippen molar-refractivity contribution in [3.05, 3.63) is 29.8 Å². The molecule has 0 aliphatic heterocycles. The minimum atomic E-state index is -2.89. The molecule has 0 atom stereocenters. The Labute approximate surface area is 109 Å². The van der Waals surface area contributed by atoms with Gasteiger partial charge in [-0.2, -0.15) is 8.78 Å². The molecule has 19 heavy (non-hydrogen) atoms. The number of carbonyl (C=O) groups is 1. The van der Waals surface area contributed by atoms with E-state index in [1.54, 1.807) is 18.2 Å². The summed E-state index contributed by atoms with van der Waals surface area (Å²) in [6.45, 7) is -2.70. The zero-order valence-corrected chi connectivity index (χ0v) is 10.2. The number of para-hydroxylation sites is 1. The molecule has 2 N–H and O–H groups in total. The molecule has 0 spiro atoms. The second kappa shape index (κ2) is 5.52. The summed E-state index contributed by atoms with van der Waals surface area (Å²) in [5.41, 5.74) is -0.395. The predicted molar refractivity (Wildman–Crippen MR) is 64.1 cm³/mol. The highest BCUT2D eigenvalue weighted by molar-refractivity contribution is 5.80. The van der Waals surface area contributed by atoms with Gasteiger partial charge in [-0.1, -0.05) is 18.2 Å². The molecule has 0 saturated heterocycles. The summed E-state index contributed by atoms with van der Waals surface area (Å²) < 4.78 is 28.9. The van der Waals surface area contributed by atoms with E-state index in [2.05, 4.69) is 10.1 Å². The molecule has 2 rings (SSSR count). The van der Waals surface area contributed by atoms with Crippen molar-refractivity contribution in [1.29, 1.82) is 0 Å². The number of halogens is 2. The number of alkyl halides is 2. The van der Waals surface area contributed by atoms with Crippen molar-refractivity contribution in [2.75, 3.05) is 0 Å². The van der Waals surface area contributed by atoms with E-state index >= 15 is 0 Å². The monoisotopic (exact) mass is 271 g/mol. The van der Waals surface area contributed by atoms with Gasteiger partial charge in [0.15, 0.2) is 0 Å². The molecule has 4 nitrogen and oxygen atoms in total. The quantitative estimate of drug-likeness (QED) is 0.834. The first-order valence-corrected chi connectivity index (χ1v) is 6.05. The second-order valence-corrected chi connectivity index (χ2v) is 4.58. The molecule has 1 aliphatic carbocycles. The SMILES string of the molecule is O=C(O)C1(NCc2ccccc2OC(F)F)CCC1. The maximum absolute atomic E-state index is 12.2. The third-order valence-corrected chi connectivity index (χ3v) is 3.42. The van der Waals surface area contributed by atoms with Gasteiger partial charge in [-0.15, -0.1) is 0 Å². The standard InChI is InChI=1S/C13H15F2NO3/c14-12(15)19-10-5-2-1-4-9(10)8-16-13(11(17)18)6-3-7-13/h1-2,4-5,12,16H,3,6-8H2,(H,17,18). The van der Waals surface area contributed by atoms with Gasteiger partial charge in [-0.05, 0) is 25.3 Å². The summed E-state index contributed by atoms with van der Waals surface area (Å²) in [6.07, 6.45) is 1.97. The molecular weight excluding hydrogens is 256 g/mol. The molecular formula is C13H15F2NO3. The predicted octanol–water partition coefficient (Wildman–Crippen LogP) is 2.38. The largest absolute Gasteiger partial charge is 0.480 e. The molecule has 1 saturated carbocycles. The van der Waals surface area contributed by atoms with Crippen molar-refractivity contribution in [3.8, 4) is 5.75 Å². The zero-order chi connectivity index (χ0) is 13.9. The Hall–Kier alpha value is -1.69. The van der Waals surface area contributed by atoms with Gasteiger partial charge >= 0.3 is 12.6 Å². The third kappa shape index (κ3) is 3.01. The van der Waals surface area contributed by atoms with E-state index in [4.69, 9.17) is 5.11 Å². The lowest BCUT2D eigenvalue weighted by Gasteiger charge is -2.38. The van der Waals surface area contributed by atoms with E-state index in [0.717, 1.165) is 6.42 Å². The van der Waals surface area contributed by atoms with Gasteiger partial charge in [0.25, 0.3) is 0 Å². The van der Waals surface area contributed by atoms with Crippen molar-refractivity contribution in [2.45, 2.75) is 38.0 Å². The Morgan fingerprint density at radius 3 is 2.63 bits per heavy atom. The summed E-state index contributed by atoms with van der Waals surface area (Å²) in [5.74, 6) is -0.823. The summed E-state index contributed by atoms with van der Waals surface area (Å²) in [6, 6.07) is 6.37. The number of hydrogen-bond donors (Lipinski definition) is 2. The number of hydrogen-bond acceptors (Lipinski definition) is 3. The maximum Gasteiger partial charge on any atom is 0.387 e. The number of aliphatic carboxylic acids is 1. The molecule has 0 radical (unpaired) electrons. The smallest absolute Gasteiger partial charge is 0.387 e. The lowest BCUT2D eigenvalue weighted by molar-refractivity contribution is -0.148. The van der Waals surface area contributed by atoms with Gasteiger partial charge in [0.2, 0.25) is 0 Å². The number of nitrogens with one attached hydrogen (secondary N) is 1. The van der Waals surface area contributed by atoms with Crippen LogP contribution in [0.3, 0.4) is 0 Å². The fraction of sp³-hybridized carbons (Fsp3) is 0.462. The molecule has 1 aliphatic rings. The van der Waals surface area contributed by atoms with Crippen molar-refractivity contribution in [2.24, 2.45) is 0 Å². The minimum Gasteiger partial charge on any atom is -0.480 e. The van der Waals surface area contributed by atoms with Crippen LogP contribution in [0.1, 0.15) is 24.8 Å². The van der Waals surface area contributed by atoms with Crippen LogP contribution in [0.25, 0.3) is 0 Å². The van der Waals surface area contributed by atoms with Crippen LogP contribution in [0, 0.1) is 0 Å². The maximum atomic E-state index is 12.2. The number of rotatable bonds is 6. The van der Waals surface area contributed by atoms with Crippen LogP contribution in [0.4, 0.5) is 8.78 Å². The van der Waals surface area contributed by atoms with Crippen LogP contribution < -0.4 is 10.1 Å². The van der Waals surface area contributed by atoms with Crippen LogP contribution in [-0.2, 0) is 11.3 Å². The van der Waals surface area contributed by atoms with Crippen molar-refractivity contribution in [3.63, 3.8) is 0 Å². The van der Waals surface area contributed by atoms with Gasteiger partial charge in [0.05, 0.1) is 0 Å². The van der Waals surface area contributed by atoms with Gasteiger partial charge < -0.3 is 9.84 Å². The second-order valence-electron chi connectivity index (χ2n) is 4.58. The summed E-state index contributed by atoms with van der Waals surface area (Å²) >= 11 is 0. The molecule has 0 unspecified atom stereocenters. The molecule has 6 heteroatoms. The van der Waals surface area contributed by atoms with E-state index in [9.17, 15) is 13.6 Å². The Morgan fingerprint density at radius 1 is 1.42 bits per heavy atom. The average molecular weight is 271 g/mol. The topological polar surface area (TPSA) is 58.6 Å². The number of carboxylic acid groups (broad SMARTS) is 1. The summed E-state index contributed by atoms with van der Waals surface area (Å²) in [4.78, 5) is 11.2. The Balaban J connectivity index is 2.05. The van der Waals surface area contributed by atoms with E-state index in [0.29, 0.717) is 18.4 Å². The first-order valence-electron chi connectivity index (χ1n) is 6.05. The van der Waals surface area contributed by atoms with Crippen LogP contribution in [0.2, 0.25) is 0 Å². The number of benzene rings is 1. The van der Waals surface area contributed by atoms with E-state index < -0.39 is 18.1 Å². The molecule has 0 bridgehead atoms. The summed E-state index contributed by atoms with van der Waals surface area (Å²) in [7, 11) is 0. The summed E-state index contributed by atoms with van der Waals surface area (Å²) in [5, 5.41) is 12.1. The fourth-order valence-electron chi connectivity index (χ4n) is 2.12. The first kappa shape index (κ1) is 13.7. The zero-order valence-electron chi connectivity index (χ0n) is 10.2. The van der Waals surface area contributed by atoms with Gasteiger partial charge in [0.1, 0.15) is 11.3 Å². The van der Waals surface area contributed by atoms with Gasteiger partial charge in [-0.25, -0.2) is 0 Å².